The molecule has 2 aromatic rings. The highest BCUT2D eigenvalue weighted by Crippen LogP contribution is 2.14. The van der Waals surface area contributed by atoms with Gasteiger partial charge in [-0.25, -0.2) is 4.99 Å². The first-order valence-electron chi connectivity index (χ1n) is 8.95. The molecule has 1 heterocycles. The molecule has 0 unspecified atom stereocenters. The minimum atomic E-state index is 0.366. The van der Waals surface area contributed by atoms with Crippen molar-refractivity contribution in [2.24, 2.45) is 4.99 Å². The van der Waals surface area contributed by atoms with E-state index in [4.69, 9.17) is 4.52 Å². The summed E-state index contributed by atoms with van der Waals surface area (Å²) in [6.07, 6.45) is 0.999. The Morgan fingerprint density at radius 1 is 1.16 bits per heavy atom. The van der Waals surface area contributed by atoms with E-state index >= 15 is 0 Å². The van der Waals surface area contributed by atoms with Crippen LogP contribution in [0.15, 0.2) is 45.9 Å². The molecule has 0 aliphatic heterocycles. The first kappa shape index (κ1) is 18.8. The zero-order valence-corrected chi connectivity index (χ0v) is 15.4. The smallest absolute Gasteiger partial charge is 0.191 e. The van der Waals surface area contributed by atoms with E-state index in [2.05, 4.69) is 59.0 Å². The van der Waals surface area contributed by atoms with Gasteiger partial charge in [0.05, 0.1) is 5.69 Å². The standard InChI is InChI=1S/C19H29N5O/c1-4-20-19(23-14-17-13-18(15(2)3)24-25-17)22-12-8-11-21-16-9-6-5-7-10-16/h5-7,9-10,13,15,21H,4,8,11-12,14H2,1-3H3,(H2,20,22,23). The van der Waals surface area contributed by atoms with Gasteiger partial charge in [0.2, 0.25) is 0 Å². The van der Waals surface area contributed by atoms with Crippen molar-refractivity contribution in [3.8, 4) is 0 Å². The molecule has 0 atom stereocenters. The highest BCUT2D eigenvalue weighted by molar-refractivity contribution is 5.79. The van der Waals surface area contributed by atoms with E-state index in [0.717, 1.165) is 49.2 Å². The summed E-state index contributed by atoms with van der Waals surface area (Å²) in [7, 11) is 0. The van der Waals surface area contributed by atoms with E-state index in [0.29, 0.717) is 12.5 Å². The van der Waals surface area contributed by atoms with E-state index in [1.807, 2.05) is 24.3 Å². The number of guanidine groups is 1. The van der Waals surface area contributed by atoms with E-state index in [1.165, 1.54) is 0 Å². The van der Waals surface area contributed by atoms with Gasteiger partial charge in [-0.15, -0.1) is 0 Å². The average Bonchev–Trinajstić information content (AvgIpc) is 3.09. The predicted molar refractivity (Wildman–Crippen MR) is 103 cm³/mol. The van der Waals surface area contributed by atoms with Gasteiger partial charge in [-0.2, -0.15) is 0 Å². The molecule has 1 aromatic heterocycles. The lowest BCUT2D eigenvalue weighted by atomic mass is 10.1. The van der Waals surface area contributed by atoms with E-state index in [1.54, 1.807) is 0 Å². The van der Waals surface area contributed by atoms with Crippen LogP contribution in [0.1, 0.15) is 44.6 Å². The van der Waals surface area contributed by atoms with Crippen LogP contribution in [-0.2, 0) is 6.54 Å². The van der Waals surface area contributed by atoms with Crippen molar-refractivity contribution < 1.29 is 4.52 Å². The van der Waals surface area contributed by atoms with Gasteiger partial charge in [-0.3, -0.25) is 0 Å². The van der Waals surface area contributed by atoms with Crippen LogP contribution >= 0.6 is 0 Å². The second kappa shape index (κ2) is 10.4. The van der Waals surface area contributed by atoms with Gasteiger partial charge in [0.1, 0.15) is 6.54 Å². The number of aromatic nitrogens is 1. The molecule has 0 fully saturated rings. The number of benzene rings is 1. The van der Waals surface area contributed by atoms with Crippen molar-refractivity contribution in [1.82, 2.24) is 15.8 Å². The molecule has 6 nitrogen and oxygen atoms in total. The molecule has 0 saturated heterocycles. The summed E-state index contributed by atoms with van der Waals surface area (Å²) in [5, 5.41) is 14.1. The first-order valence-corrected chi connectivity index (χ1v) is 8.95. The summed E-state index contributed by atoms with van der Waals surface area (Å²) in [4.78, 5) is 4.55. The third kappa shape index (κ3) is 6.87. The zero-order chi connectivity index (χ0) is 17.9. The molecule has 2 rings (SSSR count). The van der Waals surface area contributed by atoms with Crippen molar-refractivity contribution in [3.63, 3.8) is 0 Å². The summed E-state index contributed by atoms with van der Waals surface area (Å²) >= 11 is 0. The third-order valence-electron chi connectivity index (χ3n) is 3.65. The molecule has 3 N–H and O–H groups in total. The Labute approximate surface area is 150 Å². The Bertz CT molecular complexity index is 636. The van der Waals surface area contributed by atoms with Gasteiger partial charge >= 0.3 is 0 Å². The molecular formula is C19H29N5O. The first-order chi connectivity index (χ1) is 12.2. The fourth-order valence-corrected chi connectivity index (χ4v) is 2.26. The number of hydrogen-bond acceptors (Lipinski definition) is 4. The van der Waals surface area contributed by atoms with Crippen LogP contribution in [0.2, 0.25) is 0 Å². The number of hydrogen-bond donors (Lipinski definition) is 3. The van der Waals surface area contributed by atoms with Crippen LogP contribution < -0.4 is 16.0 Å². The average molecular weight is 343 g/mol. The maximum absolute atomic E-state index is 5.32. The maximum Gasteiger partial charge on any atom is 0.191 e. The molecule has 0 radical (unpaired) electrons. The largest absolute Gasteiger partial charge is 0.385 e. The molecule has 1 aromatic carbocycles. The molecule has 0 aliphatic carbocycles. The summed E-state index contributed by atoms with van der Waals surface area (Å²) in [5.41, 5.74) is 2.12. The maximum atomic E-state index is 5.32. The molecular weight excluding hydrogens is 314 g/mol. The number of rotatable bonds is 9. The van der Waals surface area contributed by atoms with Gasteiger partial charge in [-0.1, -0.05) is 37.2 Å². The Morgan fingerprint density at radius 3 is 2.64 bits per heavy atom. The van der Waals surface area contributed by atoms with Crippen molar-refractivity contribution in [2.75, 3.05) is 25.0 Å². The van der Waals surface area contributed by atoms with Crippen LogP contribution in [0.4, 0.5) is 5.69 Å². The lowest BCUT2D eigenvalue weighted by Gasteiger charge is -2.11. The quantitative estimate of drug-likeness (QED) is 0.370. The van der Waals surface area contributed by atoms with Gasteiger partial charge in [-0.05, 0) is 31.4 Å². The molecule has 25 heavy (non-hydrogen) atoms. The van der Waals surface area contributed by atoms with E-state index < -0.39 is 0 Å². The molecule has 0 amide bonds. The summed E-state index contributed by atoms with van der Waals surface area (Å²) in [6, 6.07) is 12.2. The number of nitrogens with one attached hydrogen (secondary N) is 3. The topological polar surface area (TPSA) is 74.5 Å². The van der Waals surface area contributed by atoms with Crippen LogP contribution in [0.3, 0.4) is 0 Å². The second-order valence-corrected chi connectivity index (χ2v) is 6.14. The highest BCUT2D eigenvalue weighted by Gasteiger charge is 2.07. The van der Waals surface area contributed by atoms with Crippen molar-refractivity contribution in [3.05, 3.63) is 47.9 Å². The Kier molecular flexibility index (Phi) is 7.82. The summed E-state index contributed by atoms with van der Waals surface area (Å²) in [6.45, 7) is 9.31. The van der Waals surface area contributed by atoms with Gasteiger partial charge < -0.3 is 20.5 Å². The normalized spacial score (nSPS) is 11.6. The Morgan fingerprint density at radius 2 is 1.96 bits per heavy atom. The molecule has 6 heteroatoms. The Balaban J connectivity index is 1.73. The molecule has 0 aliphatic rings. The number of aliphatic imine (C=N–C) groups is 1. The summed E-state index contributed by atoms with van der Waals surface area (Å²) in [5.74, 6) is 1.95. The number of nitrogens with zero attached hydrogens (tertiary/aromatic N) is 2. The highest BCUT2D eigenvalue weighted by atomic mass is 16.5. The molecule has 0 bridgehead atoms. The number of anilines is 1. The SMILES string of the molecule is CCNC(=NCc1cc(C(C)C)no1)NCCCNc1ccccc1. The monoisotopic (exact) mass is 343 g/mol. The van der Waals surface area contributed by atoms with E-state index in [9.17, 15) is 0 Å². The minimum Gasteiger partial charge on any atom is -0.385 e. The van der Waals surface area contributed by atoms with E-state index in [-0.39, 0.29) is 0 Å². The Hall–Kier alpha value is -2.50. The number of para-hydroxylation sites is 1. The second-order valence-electron chi connectivity index (χ2n) is 6.14. The third-order valence-corrected chi connectivity index (χ3v) is 3.65. The van der Waals surface area contributed by atoms with Gasteiger partial charge in [0.25, 0.3) is 0 Å². The van der Waals surface area contributed by atoms with Crippen molar-refractivity contribution in [2.45, 2.75) is 39.7 Å². The zero-order valence-electron chi connectivity index (χ0n) is 15.4. The fourth-order valence-electron chi connectivity index (χ4n) is 2.26. The molecule has 136 valence electrons. The predicted octanol–water partition coefficient (Wildman–Crippen LogP) is 3.36. The van der Waals surface area contributed by atoms with Crippen molar-refractivity contribution >= 4 is 11.6 Å². The van der Waals surface area contributed by atoms with Crippen LogP contribution in [-0.4, -0.2) is 30.8 Å². The van der Waals surface area contributed by atoms with Crippen molar-refractivity contribution in [1.29, 1.82) is 0 Å². The lowest BCUT2D eigenvalue weighted by molar-refractivity contribution is 0.376. The van der Waals surface area contributed by atoms with Gasteiger partial charge in [0.15, 0.2) is 11.7 Å². The van der Waals surface area contributed by atoms with Crippen LogP contribution in [0, 0.1) is 0 Å². The fraction of sp³-hybridized carbons (Fsp3) is 0.474. The van der Waals surface area contributed by atoms with Crippen LogP contribution in [0.5, 0.6) is 0 Å². The lowest BCUT2D eigenvalue weighted by Crippen LogP contribution is -2.38. The van der Waals surface area contributed by atoms with Crippen LogP contribution in [0.25, 0.3) is 0 Å². The summed E-state index contributed by atoms with van der Waals surface area (Å²) < 4.78 is 5.32. The molecule has 0 spiro atoms. The minimum absolute atomic E-state index is 0.366. The molecule has 0 saturated carbocycles. The van der Waals surface area contributed by atoms with Gasteiger partial charge in [0, 0.05) is 31.4 Å².